The molecule has 0 aromatic carbocycles. The fraction of sp³-hybridized carbons (Fsp3) is 0.933. The predicted molar refractivity (Wildman–Crippen MR) is 82.8 cm³/mol. The highest BCUT2D eigenvalue weighted by Crippen LogP contribution is 2.43. The van der Waals surface area contributed by atoms with Gasteiger partial charge in [0, 0.05) is 18.0 Å². The number of rotatable bonds is 7. The molecule has 1 aliphatic carbocycles. The molecule has 0 bridgehead atoms. The molecule has 1 N–H and O–H groups in total. The zero-order valence-electron chi connectivity index (χ0n) is 13.7. The number of carbonyl (C=O) groups excluding carboxylic acids is 1. The summed E-state index contributed by atoms with van der Waals surface area (Å²) >= 11 is 0. The topological polar surface area (TPSA) is 87.1 Å². The van der Waals surface area contributed by atoms with E-state index in [0.29, 0.717) is 24.4 Å². The van der Waals surface area contributed by atoms with Crippen LogP contribution in [0.2, 0.25) is 0 Å². The van der Waals surface area contributed by atoms with Crippen molar-refractivity contribution in [3.63, 3.8) is 0 Å². The van der Waals surface area contributed by atoms with Gasteiger partial charge in [0.15, 0.2) is 0 Å². The molecule has 1 rings (SSSR count). The van der Waals surface area contributed by atoms with Gasteiger partial charge >= 0.3 is 5.97 Å². The molecular formula is C15H28N4O2. The first kappa shape index (κ1) is 17.8. The zero-order chi connectivity index (χ0) is 15.9. The van der Waals surface area contributed by atoms with E-state index in [9.17, 15) is 4.79 Å². The van der Waals surface area contributed by atoms with Crippen LogP contribution in [-0.4, -0.2) is 31.7 Å². The molecule has 0 aromatic heterocycles. The van der Waals surface area contributed by atoms with Crippen LogP contribution in [0.3, 0.4) is 0 Å². The third kappa shape index (κ3) is 4.35. The van der Waals surface area contributed by atoms with E-state index in [2.05, 4.69) is 36.1 Å². The van der Waals surface area contributed by atoms with Crippen molar-refractivity contribution in [3.05, 3.63) is 10.4 Å². The Hall–Kier alpha value is -1.26. The highest BCUT2D eigenvalue weighted by Gasteiger charge is 2.44. The summed E-state index contributed by atoms with van der Waals surface area (Å²) < 4.78 is 4.99. The summed E-state index contributed by atoms with van der Waals surface area (Å²) in [6.45, 7) is 7.68. The first-order chi connectivity index (χ1) is 9.91. The monoisotopic (exact) mass is 296 g/mol. The van der Waals surface area contributed by atoms with E-state index in [1.54, 1.807) is 0 Å². The molecule has 0 radical (unpaired) electrons. The van der Waals surface area contributed by atoms with Crippen LogP contribution in [0.1, 0.15) is 52.9 Å². The second-order valence-electron chi connectivity index (χ2n) is 6.57. The molecule has 6 nitrogen and oxygen atoms in total. The van der Waals surface area contributed by atoms with E-state index >= 15 is 0 Å². The number of ether oxygens (including phenoxy) is 1. The maximum Gasteiger partial charge on any atom is 0.326 e. The van der Waals surface area contributed by atoms with Gasteiger partial charge in [0.1, 0.15) is 5.54 Å². The van der Waals surface area contributed by atoms with E-state index in [4.69, 9.17) is 10.3 Å². The Labute approximate surface area is 127 Å². The Kier molecular flexibility index (Phi) is 6.49. The normalized spacial score (nSPS) is 26.0. The van der Waals surface area contributed by atoms with Crippen LogP contribution in [0.25, 0.3) is 10.4 Å². The van der Waals surface area contributed by atoms with Crippen molar-refractivity contribution in [2.75, 3.05) is 20.2 Å². The van der Waals surface area contributed by atoms with Crippen LogP contribution in [0, 0.1) is 11.3 Å². The van der Waals surface area contributed by atoms with Gasteiger partial charge in [0.05, 0.1) is 7.11 Å². The molecule has 21 heavy (non-hydrogen) atoms. The lowest BCUT2D eigenvalue weighted by Gasteiger charge is -2.43. The number of esters is 1. The maximum absolute atomic E-state index is 12.2. The minimum atomic E-state index is -0.611. The van der Waals surface area contributed by atoms with Crippen molar-refractivity contribution in [1.82, 2.24) is 5.32 Å². The van der Waals surface area contributed by atoms with Crippen LogP contribution >= 0.6 is 0 Å². The molecule has 1 aliphatic rings. The Morgan fingerprint density at radius 2 is 2.10 bits per heavy atom. The van der Waals surface area contributed by atoms with Crippen LogP contribution in [-0.2, 0) is 9.53 Å². The third-order valence-electron chi connectivity index (χ3n) is 5.17. The molecule has 0 unspecified atom stereocenters. The van der Waals surface area contributed by atoms with E-state index in [1.165, 1.54) is 7.11 Å². The van der Waals surface area contributed by atoms with Crippen molar-refractivity contribution < 1.29 is 9.53 Å². The number of hydrogen-bond donors (Lipinski definition) is 1. The molecule has 1 fully saturated rings. The summed E-state index contributed by atoms with van der Waals surface area (Å²) in [7, 11) is 1.43. The molecule has 0 spiro atoms. The van der Waals surface area contributed by atoms with Crippen molar-refractivity contribution in [2.45, 2.75) is 58.4 Å². The van der Waals surface area contributed by atoms with Gasteiger partial charge in [-0.2, -0.15) is 0 Å². The second-order valence-corrected chi connectivity index (χ2v) is 6.57. The quantitative estimate of drug-likeness (QED) is 0.257. The molecule has 120 valence electrons. The van der Waals surface area contributed by atoms with E-state index in [0.717, 1.165) is 32.1 Å². The first-order valence-corrected chi connectivity index (χ1v) is 7.76. The number of carbonyl (C=O) groups is 1. The van der Waals surface area contributed by atoms with Crippen LogP contribution in [0.5, 0.6) is 0 Å². The molecule has 0 aliphatic heterocycles. The fourth-order valence-electron chi connectivity index (χ4n) is 3.22. The summed E-state index contributed by atoms with van der Waals surface area (Å²) in [6, 6.07) is 0. The Balaban J connectivity index is 2.70. The highest BCUT2D eigenvalue weighted by molar-refractivity contribution is 5.80. The van der Waals surface area contributed by atoms with Crippen molar-refractivity contribution in [1.29, 1.82) is 0 Å². The van der Waals surface area contributed by atoms with Crippen LogP contribution in [0.4, 0.5) is 0 Å². The molecule has 6 heteroatoms. The van der Waals surface area contributed by atoms with Gasteiger partial charge < -0.3 is 10.1 Å². The number of nitrogens with zero attached hydrogens (tertiary/aromatic N) is 3. The lowest BCUT2D eigenvalue weighted by molar-refractivity contribution is -0.151. The van der Waals surface area contributed by atoms with E-state index in [1.807, 2.05) is 0 Å². The fourth-order valence-corrected chi connectivity index (χ4v) is 3.22. The van der Waals surface area contributed by atoms with Crippen molar-refractivity contribution >= 4 is 5.97 Å². The first-order valence-electron chi connectivity index (χ1n) is 7.76. The molecule has 0 heterocycles. The number of methoxy groups -OCH3 is 1. The minimum Gasteiger partial charge on any atom is -0.468 e. The predicted octanol–water partition coefficient (Wildman–Crippen LogP) is 3.42. The molecule has 0 saturated heterocycles. The van der Waals surface area contributed by atoms with Gasteiger partial charge in [0.25, 0.3) is 0 Å². The summed E-state index contributed by atoms with van der Waals surface area (Å²) in [6.07, 6.45) is 4.75. The smallest absolute Gasteiger partial charge is 0.326 e. The van der Waals surface area contributed by atoms with Crippen LogP contribution in [0.15, 0.2) is 5.11 Å². The van der Waals surface area contributed by atoms with Crippen molar-refractivity contribution in [2.24, 2.45) is 16.4 Å². The van der Waals surface area contributed by atoms with Gasteiger partial charge in [-0.05, 0) is 42.5 Å². The van der Waals surface area contributed by atoms with E-state index in [-0.39, 0.29) is 5.97 Å². The Morgan fingerprint density at radius 1 is 1.48 bits per heavy atom. The summed E-state index contributed by atoms with van der Waals surface area (Å²) in [5.74, 6) is 0.440. The third-order valence-corrected chi connectivity index (χ3v) is 5.17. The minimum absolute atomic E-state index is 0.198. The highest BCUT2D eigenvalue weighted by atomic mass is 16.5. The standard InChI is InChI=1S/C15H28N4O2/c1-5-14(2,3)12-6-8-15(9-7-12,13(20)21-4)17-10-11-18-19-16/h12,17H,5-11H2,1-4H3. The Morgan fingerprint density at radius 3 is 2.57 bits per heavy atom. The summed E-state index contributed by atoms with van der Waals surface area (Å²) in [5.41, 5.74) is 8.01. The SMILES string of the molecule is CCC(C)(C)C1CCC(NCCN=[N+]=[N-])(C(=O)OC)CC1. The number of azide groups is 1. The number of hydrogen-bond acceptors (Lipinski definition) is 4. The summed E-state index contributed by atoms with van der Waals surface area (Å²) in [4.78, 5) is 14.9. The molecule has 0 atom stereocenters. The van der Waals surface area contributed by atoms with Gasteiger partial charge in [-0.1, -0.05) is 32.3 Å². The summed E-state index contributed by atoms with van der Waals surface area (Å²) in [5, 5.41) is 6.78. The second kappa shape index (κ2) is 7.66. The van der Waals surface area contributed by atoms with Gasteiger partial charge in [-0.25, -0.2) is 0 Å². The van der Waals surface area contributed by atoms with Gasteiger partial charge in [0.2, 0.25) is 0 Å². The lowest BCUT2D eigenvalue weighted by atomic mass is 9.65. The maximum atomic E-state index is 12.2. The Bertz CT molecular complexity index is 394. The van der Waals surface area contributed by atoms with E-state index < -0.39 is 5.54 Å². The molecular weight excluding hydrogens is 268 g/mol. The molecule has 0 amide bonds. The van der Waals surface area contributed by atoms with Crippen LogP contribution < -0.4 is 5.32 Å². The number of nitrogens with one attached hydrogen (secondary N) is 1. The van der Waals surface area contributed by atoms with Gasteiger partial charge in [-0.15, -0.1) is 0 Å². The zero-order valence-corrected chi connectivity index (χ0v) is 13.7. The van der Waals surface area contributed by atoms with Gasteiger partial charge in [-0.3, -0.25) is 4.79 Å². The molecule has 0 aromatic rings. The lowest BCUT2D eigenvalue weighted by Crippen LogP contribution is -2.56. The average molecular weight is 296 g/mol. The molecule has 1 saturated carbocycles. The average Bonchev–Trinajstić information content (AvgIpc) is 2.51. The largest absolute Gasteiger partial charge is 0.468 e. The van der Waals surface area contributed by atoms with Crippen molar-refractivity contribution in [3.8, 4) is 0 Å².